The monoisotopic (exact) mass is 283 g/mol. The van der Waals surface area contributed by atoms with Crippen LogP contribution >= 0.6 is 0 Å². The van der Waals surface area contributed by atoms with E-state index in [-0.39, 0.29) is 5.69 Å². The Hall–Kier alpha value is -1.35. The lowest BCUT2D eigenvalue weighted by Gasteiger charge is -2.07. The fraction of sp³-hybridized carbons (Fsp3) is 0.250. The van der Waals surface area contributed by atoms with E-state index in [9.17, 15) is 21.2 Å². The molecule has 0 amide bonds. The van der Waals surface area contributed by atoms with E-state index in [2.05, 4.69) is 0 Å². The predicted octanol–water partition coefficient (Wildman–Crippen LogP) is 0.275. The molecule has 2 N–H and O–H groups in total. The van der Waals surface area contributed by atoms with Gasteiger partial charge in [0.05, 0.1) is 5.69 Å². The molecule has 0 aliphatic heterocycles. The minimum Gasteiger partial charge on any atom is -0.505 e. The van der Waals surface area contributed by atoms with Crippen LogP contribution in [0.1, 0.15) is 0 Å². The molecule has 0 atom stereocenters. The van der Waals surface area contributed by atoms with Gasteiger partial charge in [0.25, 0.3) is 0 Å². The van der Waals surface area contributed by atoms with Crippen LogP contribution in [0.2, 0.25) is 0 Å². The van der Waals surface area contributed by atoms with Crippen molar-refractivity contribution >= 4 is 25.5 Å². The van der Waals surface area contributed by atoms with Gasteiger partial charge in [0, 0.05) is 12.3 Å². The Morgan fingerprint density at radius 3 is 2.35 bits per heavy atom. The SMILES string of the molecule is CS(=O)(=O)CS(=O)(=O)Nc1ccc(O)c(F)c1. The van der Waals surface area contributed by atoms with E-state index in [1.54, 1.807) is 0 Å². The average Bonchev–Trinajstić information content (AvgIpc) is 2.06. The van der Waals surface area contributed by atoms with Crippen molar-refractivity contribution in [3.8, 4) is 5.75 Å². The van der Waals surface area contributed by atoms with Crippen LogP contribution < -0.4 is 4.72 Å². The highest BCUT2D eigenvalue weighted by atomic mass is 32.3. The van der Waals surface area contributed by atoms with Gasteiger partial charge < -0.3 is 5.11 Å². The number of sulfone groups is 1. The maximum absolute atomic E-state index is 12.9. The number of hydrogen-bond acceptors (Lipinski definition) is 5. The summed E-state index contributed by atoms with van der Waals surface area (Å²) in [6.07, 6.45) is 0.767. The summed E-state index contributed by atoms with van der Waals surface area (Å²) in [5.74, 6) is -1.64. The van der Waals surface area contributed by atoms with Crippen molar-refractivity contribution < 1.29 is 26.3 Å². The van der Waals surface area contributed by atoms with Crippen LogP contribution in [0.25, 0.3) is 0 Å². The van der Waals surface area contributed by atoms with Crippen molar-refractivity contribution in [1.29, 1.82) is 0 Å². The first kappa shape index (κ1) is 13.7. The maximum Gasteiger partial charge on any atom is 0.247 e. The van der Waals surface area contributed by atoms with Crippen molar-refractivity contribution in [2.24, 2.45) is 0 Å². The molecule has 0 saturated heterocycles. The zero-order chi connectivity index (χ0) is 13.3. The van der Waals surface area contributed by atoms with E-state index in [1.807, 2.05) is 4.72 Å². The summed E-state index contributed by atoms with van der Waals surface area (Å²) in [7, 11) is -7.82. The summed E-state index contributed by atoms with van der Waals surface area (Å²) in [4.78, 5) is 0. The van der Waals surface area contributed by atoms with E-state index >= 15 is 0 Å². The Morgan fingerprint density at radius 2 is 1.88 bits per heavy atom. The maximum atomic E-state index is 12.9. The highest BCUT2D eigenvalue weighted by Crippen LogP contribution is 2.20. The molecule has 1 rings (SSSR count). The summed E-state index contributed by atoms with van der Waals surface area (Å²) in [5, 5.41) is 7.79. The molecule has 0 aliphatic rings. The minimum atomic E-state index is -4.11. The normalized spacial score (nSPS) is 12.4. The number of anilines is 1. The number of rotatable bonds is 4. The van der Waals surface area contributed by atoms with Crippen LogP contribution in [0.5, 0.6) is 5.75 Å². The number of phenolic OH excluding ortho intramolecular Hbond substituents is 1. The molecule has 0 radical (unpaired) electrons. The second-order valence-corrected chi connectivity index (χ2v) is 7.65. The lowest BCUT2D eigenvalue weighted by atomic mass is 10.3. The molecule has 0 heterocycles. The number of benzene rings is 1. The molecule has 0 unspecified atom stereocenters. The Kier molecular flexibility index (Phi) is 3.62. The molecule has 0 fully saturated rings. The molecule has 0 aliphatic carbocycles. The summed E-state index contributed by atoms with van der Waals surface area (Å²) in [6, 6.07) is 2.81. The van der Waals surface area contributed by atoms with Crippen molar-refractivity contribution in [1.82, 2.24) is 0 Å². The first-order valence-electron chi connectivity index (χ1n) is 4.26. The topological polar surface area (TPSA) is 101 Å². The van der Waals surface area contributed by atoms with Gasteiger partial charge in [-0.3, -0.25) is 4.72 Å². The predicted molar refractivity (Wildman–Crippen MR) is 60.3 cm³/mol. The highest BCUT2D eigenvalue weighted by Gasteiger charge is 2.18. The molecular formula is C8H10FNO5S2. The van der Waals surface area contributed by atoms with Gasteiger partial charge >= 0.3 is 0 Å². The third-order valence-electron chi connectivity index (χ3n) is 1.59. The molecule has 0 spiro atoms. The molecule has 0 bridgehead atoms. The zero-order valence-electron chi connectivity index (χ0n) is 8.71. The van der Waals surface area contributed by atoms with Crippen molar-refractivity contribution in [3.63, 3.8) is 0 Å². The summed E-state index contributed by atoms with van der Waals surface area (Å²) >= 11 is 0. The fourth-order valence-electron chi connectivity index (χ4n) is 1.06. The van der Waals surface area contributed by atoms with Crippen LogP contribution in [-0.4, -0.2) is 33.3 Å². The molecule has 1 aromatic carbocycles. The van der Waals surface area contributed by atoms with Crippen LogP contribution in [0.15, 0.2) is 18.2 Å². The fourth-order valence-corrected chi connectivity index (χ4v) is 4.04. The van der Waals surface area contributed by atoms with E-state index in [0.717, 1.165) is 24.5 Å². The first-order valence-corrected chi connectivity index (χ1v) is 7.97. The Balaban J connectivity index is 2.95. The van der Waals surface area contributed by atoms with Crippen LogP contribution in [0.4, 0.5) is 10.1 Å². The number of halogens is 1. The number of aromatic hydroxyl groups is 1. The standard InChI is InChI=1S/C8H10FNO5S2/c1-16(12,13)5-17(14,15)10-6-2-3-8(11)7(9)4-6/h2-4,10-11H,5H2,1H3. The summed E-state index contributed by atoms with van der Waals surface area (Å²) in [5.41, 5.74) is -0.163. The van der Waals surface area contributed by atoms with Crippen LogP contribution in [-0.2, 0) is 19.9 Å². The van der Waals surface area contributed by atoms with Crippen molar-refractivity contribution in [2.75, 3.05) is 16.1 Å². The first-order chi connectivity index (χ1) is 7.59. The zero-order valence-corrected chi connectivity index (χ0v) is 10.3. The van der Waals surface area contributed by atoms with Gasteiger partial charge in [0.1, 0.15) is 0 Å². The van der Waals surface area contributed by atoms with Gasteiger partial charge in [0.15, 0.2) is 26.5 Å². The lowest BCUT2D eigenvalue weighted by Crippen LogP contribution is -2.22. The second-order valence-electron chi connectivity index (χ2n) is 3.43. The van der Waals surface area contributed by atoms with Gasteiger partial charge in [0.2, 0.25) is 10.0 Å². The van der Waals surface area contributed by atoms with Crippen molar-refractivity contribution in [3.05, 3.63) is 24.0 Å². The number of phenols is 1. The smallest absolute Gasteiger partial charge is 0.247 e. The van der Waals surface area contributed by atoms with Gasteiger partial charge in [-0.15, -0.1) is 0 Å². The Bertz CT molecular complexity index is 623. The van der Waals surface area contributed by atoms with E-state index in [0.29, 0.717) is 0 Å². The molecule has 0 aromatic heterocycles. The summed E-state index contributed by atoms with van der Waals surface area (Å²) in [6.45, 7) is 0. The summed E-state index contributed by atoms with van der Waals surface area (Å²) < 4.78 is 59.1. The number of hydrogen-bond donors (Lipinski definition) is 2. The molecule has 6 nitrogen and oxygen atoms in total. The van der Waals surface area contributed by atoms with Gasteiger partial charge in [-0.1, -0.05) is 0 Å². The number of nitrogens with one attached hydrogen (secondary N) is 1. The lowest BCUT2D eigenvalue weighted by molar-refractivity contribution is 0.432. The average molecular weight is 283 g/mol. The Labute approximate surface area is 98.1 Å². The van der Waals surface area contributed by atoms with E-state index in [4.69, 9.17) is 5.11 Å². The van der Waals surface area contributed by atoms with E-state index < -0.39 is 36.5 Å². The van der Waals surface area contributed by atoms with Gasteiger partial charge in [-0.05, 0) is 12.1 Å². The third kappa shape index (κ3) is 4.57. The number of sulfonamides is 1. The van der Waals surface area contributed by atoms with Crippen molar-refractivity contribution in [2.45, 2.75) is 0 Å². The molecule has 9 heteroatoms. The third-order valence-corrected chi connectivity index (χ3v) is 5.09. The van der Waals surface area contributed by atoms with Crippen LogP contribution in [0, 0.1) is 5.82 Å². The van der Waals surface area contributed by atoms with Gasteiger partial charge in [-0.25, -0.2) is 21.2 Å². The quantitative estimate of drug-likeness (QED) is 0.773. The van der Waals surface area contributed by atoms with Crippen LogP contribution in [0.3, 0.4) is 0 Å². The minimum absolute atomic E-state index is 0.163. The molecule has 0 saturated carbocycles. The molecular weight excluding hydrogens is 273 g/mol. The largest absolute Gasteiger partial charge is 0.505 e. The van der Waals surface area contributed by atoms with E-state index in [1.165, 1.54) is 0 Å². The second kappa shape index (κ2) is 4.49. The van der Waals surface area contributed by atoms with Gasteiger partial charge in [-0.2, -0.15) is 0 Å². The molecule has 17 heavy (non-hydrogen) atoms. The Morgan fingerprint density at radius 1 is 1.29 bits per heavy atom. The molecule has 96 valence electrons. The highest BCUT2D eigenvalue weighted by molar-refractivity contribution is 8.08. The molecule has 1 aromatic rings.